The lowest BCUT2D eigenvalue weighted by atomic mass is 10.0. The van der Waals surface area contributed by atoms with Gasteiger partial charge in [-0.3, -0.25) is 4.79 Å². The molecule has 1 atom stereocenters. The third-order valence-corrected chi connectivity index (χ3v) is 6.56. The molecule has 0 saturated carbocycles. The molecule has 0 spiro atoms. The molecule has 2 heterocycles. The van der Waals surface area contributed by atoms with Gasteiger partial charge in [0.2, 0.25) is 5.91 Å². The first kappa shape index (κ1) is 23.4. The van der Waals surface area contributed by atoms with E-state index in [9.17, 15) is 13.6 Å². The number of halogens is 2. The number of hydrogen-bond acceptors (Lipinski definition) is 5. The molecule has 0 N–H and O–H groups in total. The van der Waals surface area contributed by atoms with Crippen LogP contribution in [0.4, 0.5) is 14.6 Å². The van der Waals surface area contributed by atoms with Crippen LogP contribution in [0.3, 0.4) is 0 Å². The summed E-state index contributed by atoms with van der Waals surface area (Å²) in [5, 5.41) is 19.8. The van der Waals surface area contributed by atoms with Gasteiger partial charge >= 0.3 is 0 Å². The lowest BCUT2D eigenvalue weighted by Gasteiger charge is -2.40. The Hall–Kier alpha value is -4.38. The lowest BCUT2D eigenvalue weighted by molar-refractivity contribution is -0.132. The van der Waals surface area contributed by atoms with Crippen molar-refractivity contribution in [2.45, 2.75) is 19.4 Å². The number of anilines is 1. The van der Waals surface area contributed by atoms with Crippen molar-refractivity contribution in [3.8, 4) is 17.3 Å². The van der Waals surface area contributed by atoms with Crippen molar-refractivity contribution < 1.29 is 13.6 Å². The first-order chi connectivity index (χ1) is 17.4. The highest BCUT2D eigenvalue weighted by molar-refractivity contribution is 6.00. The van der Waals surface area contributed by atoms with Crippen LogP contribution in [0.2, 0.25) is 0 Å². The number of carbonyl (C=O) groups excluding carboxylic acids is 1. The Bertz CT molecular complexity index is 1480. The minimum atomic E-state index is -0.545. The molecule has 1 fully saturated rings. The van der Waals surface area contributed by atoms with Gasteiger partial charge < -0.3 is 9.80 Å². The second-order valence-corrected chi connectivity index (χ2v) is 8.90. The molecule has 1 aliphatic heterocycles. The van der Waals surface area contributed by atoms with E-state index in [0.29, 0.717) is 25.3 Å². The molecule has 36 heavy (non-hydrogen) atoms. The standard InChI is InChI=1S/C28H23F2N5O/c1-18-17-34(12-13-35(18)26(36)15-21-7-6-19(16-31)14-25(21)30)28-24-5-3-2-4-23(24)27(32-33-28)20-8-10-22(29)11-9-20/h2-11,14,18H,12-13,15,17H2,1H3/t18-/m0/s1. The van der Waals surface area contributed by atoms with Gasteiger partial charge in [0.05, 0.1) is 18.1 Å². The van der Waals surface area contributed by atoms with Crippen LogP contribution < -0.4 is 4.90 Å². The summed E-state index contributed by atoms with van der Waals surface area (Å²) < 4.78 is 27.7. The molecule has 8 heteroatoms. The van der Waals surface area contributed by atoms with Crippen molar-refractivity contribution in [3.63, 3.8) is 0 Å². The largest absolute Gasteiger partial charge is 0.351 e. The fraction of sp³-hybridized carbons (Fsp3) is 0.214. The van der Waals surface area contributed by atoms with Crippen molar-refractivity contribution in [2.24, 2.45) is 0 Å². The minimum absolute atomic E-state index is 0.0585. The zero-order valence-electron chi connectivity index (χ0n) is 19.7. The SMILES string of the molecule is C[C@H]1CN(c2nnc(-c3ccc(F)cc3)c3ccccc23)CCN1C(=O)Cc1ccc(C#N)cc1F. The van der Waals surface area contributed by atoms with Crippen molar-refractivity contribution in [1.82, 2.24) is 15.1 Å². The Balaban J connectivity index is 1.36. The molecular formula is C28H23F2N5O. The molecule has 1 aliphatic rings. The van der Waals surface area contributed by atoms with Crippen molar-refractivity contribution in [1.29, 1.82) is 5.26 Å². The van der Waals surface area contributed by atoms with E-state index in [2.05, 4.69) is 15.1 Å². The molecule has 3 aromatic carbocycles. The normalized spacial score (nSPS) is 15.7. The maximum atomic E-state index is 14.3. The van der Waals surface area contributed by atoms with Crippen LogP contribution in [0.5, 0.6) is 0 Å². The number of carbonyl (C=O) groups is 1. The fourth-order valence-corrected chi connectivity index (χ4v) is 4.69. The highest BCUT2D eigenvalue weighted by Gasteiger charge is 2.29. The van der Waals surface area contributed by atoms with Gasteiger partial charge in [0.25, 0.3) is 0 Å². The predicted molar refractivity (Wildman–Crippen MR) is 133 cm³/mol. The first-order valence-corrected chi connectivity index (χ1v) is 11.7. The van der Waals surface area contributed by atoms with E-state index in [0.717, 1.165) is 28.2 Å². The van der Waals surface area contributed by atoms with E-state index in [1.807, 2.05) is 37.3 Å². The number of rotatable bonds is 4. The number of aromatic nitrogens is 2. The number of nitriles is 1. The smallest absolute Gasteiger partial charge is 0.227 e. The maximum Gasteiger partial charge on any atom is 0.227 e. The van der Waals surface area contributed by atoms with Crippen molar-refractivity contribution in [3.05, 3.63) is 89.5 Å². The van der Waals surface area contributed by atoms with Crippen LogP contribution in [-0.2, 0) is 11.2 Å². The first-order valence-electron chi connectivity index (χ1n) is 11.7. The number of amides is 1. The van der Waals surface area contributed by atoms with Gasteiger partial charge in [0.15, 0.2) is 5.82 Å². The minimum Gasteiger partial charge on any atom is -0.351 e. The number of piperazine rings is 1. The Morgan fingerprint density at radius 1 is 1.03 bits per heavy atom. The van der Waals surface area contributed by atoms with Gasteiger partial charge in [-0.05, 0) is 48.9 Å². The average molecular weight is 484 g/mol. The van der Waals surface area contributed by atoms with E-state index >= 15 is 0 Å². The molecule has 180 valence electrons. The van der Waals surface area contributed by atoms with Gasteiger partial charge in [-0.25, -0.2) is 8.78 Å². The molecule has 0 bridgehead atoms. The summed E-state index contributed by atoms with van der Waals surface area (Å²) in [6.45, 7) is 3.53. The second kappa shape index (κ2) is 9.70. The summed E-state index contributed by atoms with van der Waals surface area (Å²) in [5.74, 6) is -0.283. The van der Waals surface area contributed by atoms with Gasteiger partial charge in [-0.15, -0.1) is 10.2 Å². The molecule has 0 unspecified atom stereocenters. The quantitative estimate of drug-likeness (QED) is 0.420. The molecule has 6 nitrogen and oxygen atoms in total. The van der Waals surface area contributed by atoms with Gasteiger partial charge in [-0.2, -0.15) is 5.26 Å². The molecule has 5 rings (SSSR count). The zero-order valence-corrected chi connectivity index (χ0v) is 19.7. The zero-order chi connectivity index (χ0) is 25.2. The van der Waals surface area contributed by atoms with Crippen LogP contribution in [0.15, 0.2) is 66.7 Å². The predicted octanol–water partition coefficient (Wildman–Crippen LogP) is 4.73. The number of benzene rings is 3. The molecular weight excluding hydrogens is 460 g/mol. The topological polar surface area (TPSA) is 73.1 Å². The van der Waals surface area contributed by atoms with Crippen LogP contribution in [0, 0.1) is 23.0 Å². The van der Waals surface area contributed by atoms with E-state index in [-0.39, 0.29) is 35.3 Å². The van der Waals surface area contributed by atoms with E-state index in [1.54, 1.807) is 17.0 Å². The van der Waals surface area contributed by atoms with Gasteiger partial charge in [0, 0.05) is 42.0 Å². The maximum absolute atomic E-state index is 14.3. The Kier molecular flexibility index (Phi) is 6.30. The number of hydrogen-bond donors (Lipinski definition) is 0. The molecule has 1 saturated heterocycles. The lowest BCUT2D eigenvalue weighted by Crippen LogP contribution is -2.54. The molecule has 1 aromatic heterocycles. The van der Waals surface area contributed by atoms with Crippen molar-refractivity contribution >= 4 is 22.5 Å². The fourth-order valence-electron chi connectivity index (χ4n) is 4.69. The molecule has 4 aromatic rings. The summed E-state index contributed by atoms with van der Waals surface area (Å²) in [7, 11) is 0. The summed E-state index contributed by atoms with van der Waals surface area (Å²) in [6.07, 6.45) is -0.0585. The third-order valence-electron chi connectivity index (χ3n) is 6.56. The molecule has 1 amide bonds. The highest BCUT2D eigenvalue weighted by Crippen LogP contribution is 2.32. The Labute approximate surface area is 207 Å². The summed E-state index contributed by atoms with van der Waals surface area (Å²) in [4.78, 5) is 16.9. The molecule has 0 radical (unpaired) electrons. The van der Waals surface area contributed by atoms with Crippen molar-refractivity contribution in [2.75, 3.05) is 24.5 Å². The summed E-state index contributed by atoms with van der Waals surface area (Å²) in [6, 6.07) is 20.0. The van der Waals surface area contributed by atoms with Crippen LogP contribution in [0.1, 0.15) is 18.1 Å². The van der Waals surface area contributed by atoms with E-state index in [4.69, 9.17) is 5.26 Å². The Morgan fingerprint density at radius 3 is 2.47 bits per heavy atom. The van der Waals surface area contributed by atoms with Crippen LogP contribution in [0.25, 0.3) is 22.0 Å². The number of nitrogens with zero attached hydrogens (tertiary/aromatic N) is 5. The summed E-state index contributed by atoms with van der Waals surface area (Å²) in [5.41, 5.74) is 1.97. The summed E-state index contributed by atoms with van der Waals surface area (Å²) >= 11 is 0. The van der Waals surface area contributed by atoms with E-state index in [1.165, 1.54) is 24.3 Å². The second-order valence-electron chi connectivity index (χ2n) is 8.90. The van der Waals surface area contributed by atoms with Gasteiger partial charge in [-0.1, -0.05) is 30.3 Å². The van der Waals surface area contributed by atoms with Crippen LogP contribution >= 0.6 is 0 Å². The molecule has 0 aliphatic carbocycles. The highest BCUT2D eigenvalue weighted by atomic mass is 19.1. The van der Waals surface area contributed by atoms with Gasteiger partial charge in [0.1, 0.15) is 17.3 Å². The van der Waals surface area contributed by atoms with E-state index < -0.39 is 5.82 Å². The van der Waals surface area contributed by atoms with Crippen LogP contribution in [-0.4, -0.2) is 46.7 Å². The third kappa shape index (κ3) is 4.48. The monoisotopic (exact) mass is 483 g/mol. The Morgan fingerprint density at radius 2 is 1.78 bits per heavy atom. The number of fused-ring (bicyclic) bond motifs is 1. The average Bonchev–Trinajstić information content (AvgIpc) is 2.89.